The molecule has 26 heavy (non-hydrogen) atoms. The van der Waals surface area contributed by atoms with Gasteiger partial charge in [0.1, 0.15) is 5.76 Å². The quantitative estimate of drug-likeness (QED) is 0.743. The number of nitrogens with zero attached hydrogens (tertiary/aromatic N) is 2. The number of hydrogen-bond donors (Lipinski definition) is 0. The van der Waals surface area contributed by atoms with E-state index in [0.717, 1.165) is 10.7 Å². The highest BCUT2D eigenvalue weighted by Crippen LogP contribution is 2.29. The minimum absolute atomic E-state index is 0.0408. The van der Waals surface area contributed by atoms with E-state index in [1.165, 1.54) is 4.31 Å². The molecule has 4 rings (SSSR count). The third-order valence-electron chi connectivity index (χ3n) is 4.94. The predicted molar refractivity (Wildman–Crippen MR) is 93.2 cm³/mol. The first kappa shape index (κ1) is 17.0. The third-order valence-corrected chi connectivity index (χ3v) is 6.76. The van der Waals surface area contributed by atoms with Crippen LogP contribution in [-0.4, -0.2) is 54.8 Å². The number of furan rings is 1. The van der Waals surface area contributed by atoms with Crippen LogP contribution in [0.4, 0.5) is 0 Å². The number of imide groups is 1. The van der Waals surface area contributed by atoms with E-state index in [0.29, 0.717) is 30.6 Å². The van der Waals surface area contributed by atoms with Crippen LogP contribution in [0.25, 0.3) is 0 Å². The summed E-state index contributed by atoms with van der Waals surface area (Å²) in [7, 11) is -3.56. The number of amides is 2. The zero-order chi connectivity index (χ0) is 18.3. The Kier molecular flexibility index (Phi) is 4.16. The first-order valence-electron chi connectivity index (χ1n) is 8.44. The second kappa shape index (κ2) is 6.37. The number of carbonyl (C=O) groups is 2. The summed E-state index contributed by atoms with van der Waals surface area (Å²) in [5.74, 6) is -0.322. The van der Waals surface area contributed by atoms with Crippen molar-refractivity contribution in [3.63, 3.8) is 0 Å². The Bertz CT molecular complexity index is 917. The van der Waals surface area contributed by atoms with Gasteiger partial charge in [-0.25, -0.2) is 12.7 Å². The molecule has 1 fully saturated rings. The molecule has 0 saturated carbocycles. The molecule has 0 N–H and O–H groups in total. The van der Waals surface area contributed by atoms with Gasteiger partial charge in [-0.3, -0.25) is 14.5 Å². The molecular formula is C18H18N2O5S. The first-order chi connectivity index (χ1) is 12.5. The van der Waals surface area contributed by atoms with Crippen molar-refractivity contribution < 1.29 is 22.4 Å². The molecular weight excluding hydrogens is 356 g/mol. The zero-order valence-corrected chi connectivity index (χ0v) is 14.8. The summed E-state index contributed by atoms with van der Waals surface area (Å²) < 4.78 is 32.1. The Morgan fingerprint density at radius 3 is 2.35 bits per heavy atom. The van der Waals surface area contributed by atoms with Crippen molar-refractivity contribution in [1.29, 1.82) is 0 Å². The molecule has 1 aromatic heterocycles. The number of benzene rings is 1. The number of fused-ring (bicyclic) bond motifs is 1. The number of rotatable bonds is 5. The molecule has 0 aliphatic carbocycles. The van der Waals surface area contributed by atoms with E-state index in [1.807, 2.05) is 6.07 Å². The molecule has 2 aliphatic rings. The maximum Gasteiger partial charge on any atom is 0.261 e. The summed E-state index contributed by atoms with van der Waals surface area (Å²) in [4.78, 5) is 25.7. The molecule has 8 heteroatoms. The van der Waals surface area contributed by atoms with Gasteiger partial charge in [-0.15, -0.1) is 0 Å². The van der Waals surface area contributed by atoms with E-state index in [-0.39, 0.29) is 18.2 Å². The molecule has 136 valence electrons. The Hall–Kier alpha value is -2.45. The van der Waals surface area contributed by atoms with Crippen LogP contribution >= 0.6 is 0 Å². The van der Waals surface area contributed by atoms with Gasteiger partial charge in [-0.2, -0.15) is 0 Å². The molecule has 7 nitrogen and oxygen atoms in total. The summed E-state index contributed by atoms with van der Waals surface area (Å²) >= 11 is 0. The van der Waals surface area contributed by atoms with E-state index in [4.69, 9.17) is 4.42 Å². The van der Waals surface area contributed by atoms with Crippen LogP contribution in [0.1, 0.15) is 38.8 Å². The molecule has 2 amide bonds. The topological polar surface area (TPSA) is 87.9 Å². The van der Waals surface area contributed by atoms with Gasteiger partial charge in [0.2, 0.25) is 10.0 Å². The molecule has 2 aliphatic heterocycles. The molecule has 0 radical (unpaired) electrons. The van der Waals surface area contributed by atoms with Crippen molar-refractivity contribution in [2.45, 2.75) is 12.3 Å². The number of carbonyl (C=O) groups excluding carboxylic acids is 2. The number of sulfonamides is 1. The predicted octanol–water partition coefficient (Wildman–Crippen LogP) is 1.69. The summed E-state index contributed by atoms with van der Waals surface area (Å²) in [6.07, 6.45) is 2.27. The normalized spacial score (nSPS) is 20.8. The van der Waals surface area contributed by atoms with Gasteiger partial charge in [0, 0.05) is 25.6 Å². The van der Waals surface area contributed by atoms with Crippen LogP contribution in [-0.2, 0) is 10.0 Å². The van der Waals surface area contributed by atoms with Gasteiger partial charge < -0.3 is 4.42 Å². The third kappa shape index (κ3) is 2.85. The summed E-state index contributed by atoms with van der Waals surface area (Å²) in [5.41, 5.74) is 0.655. The molecule has 0 bridgehead atoms. The van der Waals surface area contributed by atoms with Crippen molar-refractivity contribution in [2.75, 3.05) is 25.4 Å². The highest BCUT2D eigenvalue weighted by molar-refractivity contribution is 7.89. The van der Waals surface area contributed by atoms with Crippen LogP contribution < -0.4 is 0 Å². The molecule has 2 aromatic rings. The number of hydrogen-bond acceptors (Lipinski definition) is 5. The molecule has 0 spiro atoms. The van der Waals surface area contributed by atoms with Crippen molar-refractivity contribution in [1.82, 2.24) is 9.21 Å². The van der Waals surface area contributed by atoms with Gasteiger partial charge in [0.15, 0.2) is 0 Å². The largest absolute Gasteiger partial charge is 0.469 e. The lowest BCUT2D eigenvalue weighted by Gasteiger charge is -2.19. The lowest BCUT2D eigenvalue weighted by atomic mass is 10.1. The summed E-state index contributed by atoms with van der Waals surface area (Å²) in [6.45, 7) is 0.629. The second-order valence-corrected chi connectivity index (χ2v) is 8.57. The van der Waals surface area contributed by atoms with Crippen LogP contribution in [0.3, 0.4) is 0 Å². The fourth-order valence-electron chi connectivity index (χ4n) is 3.51. The summed E-state index contributed by atoms with van der Waals surface area (Å²) in [6, 6.07) is 10.2. The van der Waals surface area contributed by atoms with E-state index >= 15 is 0 Å². The van der Waals surface area contributed by atoms with Gasteiger partial charge in [0.05, 0.1) is 23.1 Å². The fourth-order valence-corrected chi connectivity index (χ4v) is 4.98. The lowest BCUT2D eigenvalue weighted by molar-refractivity contribution is 0.0664. The molecule has 1 atom stereocenters. The maximum absolute atomic E-state index is 12.6. The Labute approximate surface area is 151 Å². The molecule has 1 aromatic carbocycles. The highest BCUT2D eigenvalue weighted by atomic mass is 32.2. The zero-order valence-electron chi connectivity index (χ0n) is 14.0. The van der Waals surface area contributed by atoms with Crippen molar-refractivity contribution in [3.05, 3.63) is 59.5 Å². The van der Waals surface area contributed by atoms with Gasteiger partial charge in [0.25, 0.3) is 11.8 Å². The van der Waals surface area contributed by atoms with E-state index in [2.05, 4.69) is 0 Å². The van der Waals surface area contributed by atoms with Gasteiger partial charge in [-0.1, -0.05) is 12.1 Å². The average molecular weight is 374 g/mol. The van der Waals surface area contributed by atoms with E-state index in [9.17, 15) is 18.0 Å². The van der Waals surface area contributed by atoms with Crippen molar-refractivity contribution in [3.8, 4) is 0 Å². The van der Waals surface area contributed by atoms with Crippen LogP contribution in [0, 0.1) is 0 Å². The first-order valence-corrected chi connectivity index (χ1v) is 10.0. The molecule has 1 unspecified atom stereocenters. The van der Waals surface area contributed by atoms with Crippen LogP contribution in [0.5, 0.6) is 0 Å². The SMILES string of the molecule is O=C1c2ccccc2C(=O)N1CCS(=O)(=O)N1CCC(c2ccco2)C1. The van der Waals surface area contributed by atoms with Crippen LogP contribution in [0.2, 0.25) is 0 Å². The highest BCUT2D eigenvalue weighted by Gasteiger charge is 2.38. The smallest absolute Gasteiger partial charge is 0.261 e. The monoisotopic (exact) mass is 374 g/mol. The fraction of sp³-hybridized carbons (Fsp3) is 0.333. The molecule has 1 saturated heterocycles. The Morgan fingerprint density at radius 1 is 1.04 bits per heavy atom. The van der Waals surface area contributed by atoms with Crippen LogP contribution in [0.15, 0.2) is 47.1 Å². The second-order valence-electron chi connectivity index (χ2n) is 6.48. The van der Waals surface area contributed by atoms with E-state index in [1.54, 1.807) is 36.6 Å². The van der Waals surface area contributed by atoms with Crippen molar-refractivity contribution >= 4 is 21.8 Å². The lowest BCUT2D eigenvalue weighted by Crippen LogP contribution is -2.39. The summed E-state index contributed by atoms with van der Waals surface area (Å²) in [5, 5.41) is 0. The Balaban J connectivity index is 1.42. The minimum atomic E-state index is -3.56. The van der Waals surface area contributed by atoms with Gasteiger partial charge >= 0.3 is 0 Å². The van der Waals surface area contributed by atoms with Crippen molar-refractivity contribution in [2.24, 2.45) is 0 Å². The standard InChI is InChI=1S/C18H18N2O5S/c21-17-14-4-1-2-5-15(14)18(22)20(17)9-11-26(23,24)19-8-7-13(12-19)16-6-3-10-25-16/h1-6,10,13H,7-9,11-12H2. The Morgan fingerprint density at radius 2 is 1.73 bits per heavy atom. The average Bonchev–Trinajstić information content (AvgIpc) is 3.35. The molecule has 3 heterocycles. The van der Waals surface area contributed by atoms with E-state index < -0.39 is 21.8 Å². The maximum atomic E-state index is 12.6. The van der Waals surface area contributed by atoms with Gasteiger partial charge in [-0.05, 0) is 30.7 Å². The minimum Gasteiger partial charge on any atom is -0.469 e.